The van der Waals surface area contributed by atoms with E-state index in [1.54, 1.807) is 24.5 Å². The maximum Gasteiger partial charge on any atom is 0.337 e. The number of benzene rings is 1. The van der Waals surface area contributed by atoms with Crippen LogP contribution in [0, 0.1) is 0 Å². The number of methoxy groups -OCH3 is 1. The van der Waals surface area contributed by atoms with E-state index in [9.17, 15) is 4.79 Å². The van der Waals surface area contributed by atoms with Crippen molar-refractivity contribution < 1.29 is 13.9 Å². The number of hydrogen-bond acceptors (Lipinski definition) is 4. The van der Waals surface area contributed by atoms with Crippen LogP contribution in [0.2, 0.25) is 0 Å². The molecule has 2 N–H and O–H groups in total. The minimum atomic E-state index is -0.375. The molecule has 0 aliphatic heterocycles. The number of ether oxygens (including phenoxy) is 1. The predicted molar refractivity (Wildman–Crippen MR) is 96.0 cm³/mol. The molecular weight excluding hydrogens is 324 g/mol. The number of carbonyl (C=O) groups excluding carboxylic acids is 1. The normalized spacial score (nSPS) is 15.7. The fraction of sp³-hybridized carbons (Fsp3) is 0.333. The van der Waals surface area contributed by atoms with Gasteiger partial charge in [-0.05, 0) is 55.4 Å². The lowest BCUT2D eigenvalue weighted by molar-refractivity contribution is 0.0601. The highest BCUT2D eigenvalue weighted by molar-refractivity contribution is 7.80. The summed E-state index contributed by atoms with van der Waals surface area (Å²) in [5.74, 6) is 0.535. The number of esters is 1. The van der Waals surface area contributed by atoms with Crippen molar-refractivity contribution in [2.24, 2.45) is 0 Å². The first-order valence-corrected chi connectivity index (χ1v) is 8.35. The summed E-state index contributed by atoms with van der Waals surface area (Å²) in [5, 5.41) is 7.07. The van der Waals surface area contributed by atoms with Crippen molar-refractivity contribution in [1.82, 2.24) is 5.32 Å². The number of rotatable bonds is 4. The van der Waals surface area contributed by atoms with Crippen molar-refractivity contribution in [3.8, 4) is 0 Å². The van der Waals surface area contributed by atoms with E-state index in [-0.39, 0.29) is 11.5 Å². The van der Waals surface area contributed by atoms with Gasteiger partial charge >= 0.3 is 5.97 Å². The Morgan fingerprint density at radius 3 is 2.71 bits per heavy atom. The molecule has 1 heterocycles. The number of hydrogen-bond donors (Lipinski definition) is 2. The first kappa shape index (κ1) is 16.5. The topological polar surface area (TPSA) is 63.5 Å². The zero-order chi connectivity index (χ0) is 17.0. The van der Waals surface area contributed by atoms with Gasteiger partial charge in [0.05, 0.1) is 24.5 Å². The van der Waals surface area contributed by atoms with Crippen LogP contribution in [0.1, 0.15) is 41.8 Å². The highest BCUT2D eigenvalue weighted by Crippen LogP contribution is 2.39. The molecule has 24 heavy (non-hydrogen) atoms. The number of carbonyl (C=O) groups is 1. The third-order valence-corrected chi connectivity index (χ3v) is 4.55. The van der Waals surface area contributed by atoms with Crippen LogP contribution in [0.4, 0.5) is 5.69 Å². The molecule has 5 nitrogen and oxygen atoms in total. The summed E-state index contributed by atoms with van der Waals surface area (Å²) in [4.78, 5) is 11.6. The van der Waals surface area contributed by atoms with E-state index in [4.69, 9.17) is 21.4 Å². The summed E-state index contributed by atoms with van der Waals surface area (Å²) in [7, 11) is 1.36. The maximum absolute atomic E-state index is 11.6. The van der Waals surface area contributed by atoms with Crippen LogP contribution in [-0.2, 0) is 10.3 Å². The summed E-state index contributed by atoms with van der Waals surface area (Å²) >= 11 is 5.48. The molecule has 0 saturated heterocycles. The van der Waals surface area contributed by atoms with Crippen LogP contribution in [0.5, 0.6) is 0 Å². The van der Waals surface area contributed by atoms with E-state index in [0.717, 1.165) is 37.1 Å². The molecule has 0 amide bonds. The molecule has 1 aliphatic carbocycles. The molecule has 126 valence electrons. The second kappa shape index (κ2) is 7.05. The Balaban J connectivity index is 1.72. The molecule has 1 aromatic heterocycles. The maximum atomic E-state index is 11.6. The molecule has 1 saturated carbocycles. The van der Waals surface area contributed by atoms with Gasteiger partial charge in [0.1, 0.15) is 5.76 Å². The minimum Gasteiger partial charge on any atom is -0.467 e. The average molecular weight is 344 g/mol. The second-order valence-corrected chi connectivity index (χ2v) is 6.33. The lowest BCUT2D eigenvalue weighted by atomic mass is 9.94. The average Bonchev–Trinajstić information content (AvgIpc) is 3.26. The molecule has 1 aliphatic rings. The van der Waals surface area contributed by atoms with Crippen LogP contribution in [0.25, 0.3) is 0 Å². The first-order valence-electron chi connectivity index (χ1n) is 7.94. The number of furan rings is 1. The SMILES string of the molecule is COC(=O)c1cccc(NC(=S)NC2(c3ccco3)CCCC2)c1. The monoisotopic (exact) mass is 344 g/mol. The summed E-state index contributed by atoms with van der Waals surface area (Å²) in [6.07, 6.45) is 5.91. The van der Waals surface area contributed by atoms with Crippen molar-refractivity contribution in [1.29, 1.82) is 0 Å². The molecule has 1 aromatic carbocycles. The van der Waals surface area contributed by atoms with Crippen LogP contribution in [0.15, 0.2) is 47.1 Å². The van der Waals surface area contributed by atoms with Crippen LogP contribution >= 0.6 is 12.2 Å². The van der Waals surface area contributed by atoms with Gasteiger partial charge in [0.15, 0.2) is 5.11 Å². The Kier molecular flexibility index (Phi) is 4.85. The Bertz CT molecular complexity index is 722. The van der Waals surface area contributed by atoms with Gasteiger partial charge in [0.2, 0.25) is 0 Å². The van der Waals surface area contributed by atoms with Gasteiger partial charge in [-0.2, -0.15) is 0 Å². The molecule has 0 bridgehead atoms. The molecule has 2 aromatic rings. The Morgan fingerprint density at radius 1 is 1.25 bits per heavy atom. The summed E-state index contributed by atoms with van der Waals surface area (Å²) < 4.78 is 10.4. The molecule has 0 radical (unpaired) electrons. The van der Waals surface area contributed by atoms with E-state index in [1.165, 1.54) is 7.11 Å². The van der Waals surface area contributed by atoms with Gasteiger partial charge in [-0.15, -0.1) is 0 Å². The van der Waals surface area contributed by atoms with Crippen LogP contribution in [0.3, 0.4) is 0 Å². The van der Waals surface area contributed by atoms with Gasteiger partial charge in [0.25, 0.3) is 0 Å². The van der Waals surface area contributed by atoms with Gasteiger partial charge in [-0.25, -0.2) is 4.79 Å². The van der Waals surface area contributed by atoms with Crippen molar-refractivity contribution in [2.75, 3.05) is 12.4 Å². The van der Waals surface area contributed by atoms with Crippen LogP contribution in [-0.4, -0.2) is 18.2 Å². The smallest absolute Gasteiger partial charge is 0.337 e. The number of thiocarbonyl (C=S) groups is 1. The summed E-state index contributed by atoms with van der Waals surface area (Å²) in [5.41, 5.74) is 0.961. The molecule has 0 spiro atoms. The zero-order valence-corrected chi connectivity index (χ0v) is 14.3. The summed E-state index contributed by atoms with van der Waals surface area (Å²) in [6.45, 7) is 0. The molecule has 0 atom stereocenters. The molecule has 0 unspecified atom stereocenters. The van der Waals surface area contributed by atoms with Gasteiger partial charge in [-0.1, -0.05) is 18.9 Å². The van der Waals surface area contributed by atoms with E-state index in [0.29, 0.717) is 10.7 Å². The van der Waals surface area contributed by atoms with Gasteiger partial charge in [-0.3, -0.25) is 0 Å². The standard InChI is InChI=1S/C18H20N2O3S/c1-22-16(21)13-6-4-7-14(12-13)19-17(24)20-18(9-2-3-10-18)15-8-5-11-23-15/h4-8,11-12H,2-3,9-10H2,1H3,(H2,19,20,24). The van der Waals surface area contributed by atoms with Gasteiger partial charge < -0.3 is 19.8 Å². The van der Waals surface area contributed by atoms with Gasteiger partial charge in [0, 0.05) is 5.69 Å². The predicted octanol–water partition coefficient (Wildman–Crippen LogP) is 3.82. The highest BCUT2D eigenvalue weighted by atomic mass is 32.1. The lowest BCUT2D eigenvalue weighted by Crippen LogP contribution is -2.45. The second-order valence-electron chi connectivity index (χ2n) is 5.92. The Labute approximate surface area is 146 Å². The molecule has 6 heteroatoms. The minimum absolute atomic E-state index is 0.256. The molecule has 1 fully saturated rings. The third kappa shape index (κ3) is 3.43. The molecular formula is C18H20N2O3S. The largest absolute Gasteiger partial charge is 0.467 e. The third-order valence-electron chi connectivity index (χ3n) is 4.34. The summed E-state index contributed by atoms with van der Waals surface area (Å²) in [6, 6.07) is 10.9. The van der Waals surface area contributed by atoms with E-state index >= 15 is 0 Å². The number of nitrogens with one attached hydrogen (secondary N) is 2. The molecule has 3 rings (SSSR count). The fourth-order valence-electron chi connectivity index (χ4n) is 3.18. The van der Waals surface area contributed by atoms with Crippen molar-refractivity contribution in [2.45, 2.75) is 31.2 Å². The number of anilines is 1. The Morgan fingerprint density at radius 2 is 2.04 bits per heavy atom. The van der Waals surface area contributed by atoms with E-state index in [2.05, 4.69) is 10.6 Å². The van der Waals surface area contributed by atoms with Crippen molar-refractivity contribution >= 4 is 29.0 Å². The quantitative estimate of drug-likeness (QED) is 0.649. The highest BCUT2D eigenvalue weighted by Gasteiger charge is 2.38. The van der Waals surface area contributed by atoms with E-state index in [1.807, 2.05) is 18.2 Å². The van der Waals surface area contributed by atoms with Crippen LogP contribution < -0.4 is 10.6 Å². The van der Waals surface area contributed by atoms with E-state index < -0.39 is 0 Å². The van der Waals surface area contributed by atoms with Crippen molar-refractivity contribution in [3.63, 3.8) is 0 Å². The lowest BCUT2D eigenvalue weighted by Gasteiger charge is -2.29. The Hall–Kier alpha value is -2.34. The fourth-order valence-corrected chi connectivity index (χ4v) is 3.50. The zero-order valence-electron chi connectivity index (χ0n) is 13.5. The first-order chi connectivity index (χ1) is 11.6. The van der Waals surface area contributed by atoms with Crippen molar-refractivity contribution in [3.05, 3.63) is 54.0 Å².